The van der Waals surface area contributed by atoms with Gasteiger partial charge in [-0.2, -0.15) is 0 Å². The molecule has 0 atom stereocenters. The molecule has 1 N–H and O–H groups in total. The highest BCUT2D eigenvalue weighted by molar-refractivity contribution is 9.10. The Hall–Kier alpha value is -4.47. The van der Waals surface area contributed by atoms with E-state index >= 15 is 0 Å². The number of sulfonamides is 1. The number of allylic oxidation sites excluding steroid dienone is 1. The average Bonchev–Trinajstić information content (AvgIpc) is 3.22. The van der Waals surface area contributed by atoms with Crippen LogP contribution in [-0.4, -0.2) is 83.2 Å². The van der Waals surface area contributed by atoms with Crippen molar-refractivity contribution in [3.63, 3.8) is 0 Å². The molecular weight excluding hydrogens is 858 g/mol. The molecule has 0 spiro atoms. The molecule has 3 aliphatic rings. The average molecular weight is 907 g/mol. The number of carbonyl (C=O) groups excluding carboxylic acids is 1. The Morgan fingerprint density at radius 3 is 2.41 bits per heavy atom. The van der Waals surface area contributed by atoms with Crippen molar-refractivity contribution >= 4 is 66.1 Å². The standard InChI is InChI=1S/C44H49BrClN5O7S/c1-44(2)19-16-31(37(28-44)30-8-10-32(46)11-9-30)29-49-20-22-50(23-21-49)34-12-14-36(42(26-34)58-41-7-5-4-6-38(41)45)43(52)47-59(55,56)35-13-15-39(40(27-35)51(53)54)48(3)33-17-24-57-25-18-33/h4-15,26-27,33H,16-25,28-29H2,1-3H3,(H,47,52). The van der Waals surface area contributed by atoms with Crippen molar-refractivity contribution in [2.75, 3.05) is 62.8 Å². The summed E-state index contributed by atoms with van der Waals surface area (Å²) < 4.78 is 41.9. The molecule has 0 unspecified atom stereocenters. The topological polar surface area (TPSA) is 135 Å². The fraction of sp³-hybridized carbons (Fsp3) is 0.386. The second kappa shape index (κ2) is 18.0. The van der Waals surface area contributed by atoms with Gasteiger partial charge >= 0.3 is 0 Å². The summed E-state index contributed by atoms with van der Waals surface area (Å²) in [5, 5.41) is 12.9. The van der Waals surface area contributed by atoms with E-state index in [1.165, 1.54) is 28.8 Å². The molecule has 2 aliphatic heterocycles. The molecule has 1 amide bonds. The van der Waals surface area contributed by atoms with Gasteiger partial charge in [-0.25, -0.2) is 13.1 Å². The lowest BCUT2D eigenvalue weighted by molar-refractivity contribution is -0.384. The predicted octanol–water partition coefficient (Wildman–Crippen LogP) is 9.32. The van der Waals surface area contributed by atoms with Gasteiger partial charge in [0.25, 0.3) is 21.6 Å². The zero-order valence-electron chi connectivity index (χ0n) is 33.5. The number of piperazine rings is 1. The fourth-order valence-electron chi connectivity index (χ4n) is 8.14. The minimum absolute atomic E-state index is 0.000489. The van der Waals surface area contributed by atoms with E-state index in [4.69, 9.17) is 21.1 Å². The van der Waals surface area contributed by atoms with Gasteiger partial charge in [-0.15, -0.1) is 0 Å². The number of halogens is 2. The first-order chi connectivity index (χ1) is 28.2. The first kappa shape index (κ1) is 42.6. The third-order valence-electron chi connectivity index (χ3n) is 11.6. The van der Waals surface area contributed by atoms with E-state index in [0.717, 1.165) is 68.8 Å². The molecule has 0 radical (unpaired) electrons. The van der Waals surface area contributed by atoms with Gasteiger partial charge in [0.15, 0.2) is 0 Å². The molecule has 0 saturated carbocycles. The van der Waals surface area contributed by atoms with Crippen LogP contribution in [0.4, 0.5) is 17.1 Å². The lowest BCUT2D eigenvalue weighted by atomic mass is 9.72. The van der Waals surface area contributed by atoms with Crippen molar-refractivity contribution in [1.29, 1.82) is 0 Å². The van der Waals surface area contributed by atoms with Crippen molar-refractivity contribution in [2.24, 2.45) is 5.41 Å². The zero-order valence-corrected chi connectivity index (χ0v) is 36.6. The number of nitrogens with one attached hydrogen (secondary N) is 1. The van der Waals surface area contributed by atoms with Gasteiger partial charge in [-0.05, 0) is 113 Å². The lowest BCUT2D eigenvalue weighted by Crippen LogP contribution is -2.47. The summed E-state index contributed by atoms with van der Waals surface area (Å²) >= 11 is 9.75. The molecule has 2 saturated heterocycles. The molecule has 4 aromatic carbocycles. The summed E-state index contributed by atoms with van der Waals surface area (Å²) in [5.41, 5.74) is 5.07. The van der Waals surface area contributed by atoms with Gasteiger partial charge in [0.1, 0.15) is 17.2 Å². The van der Waals surface area contributed by atoms with E-state index in [1.807, 2.05) is 18.2 Å². The van der Waals surface area contributed by atoms with Crippen LogP contribution in [0, 0.1) is 15.5 Å². The Labute approximate surface area is 359 Å². The lowest BCUT2D eigenvalue weighted by Gasteiger charge is -2.39. The highest BCUT2D eigenvalue weighted by Gasteiger charge is 2.31. The van der Waals surface area contributed by atoms with Crippen molar-refractivity contribution in [3.8, 4) is 11.5 Å². The molecule has 312 valence electrons. The largest absolute Gasteiger partial charge is 0.455 e. The zero-order chi connectivity index (χ0) is 41.9. The number of hydrogen-bond donors (Lipinski definition) is 1. The molecule has 7 rings (SSSR count). The number of nitro benzene ring substituents is 1. The predicted molar refractivity (Wildman–Crippen MR) is 235 cm³/mol. The first-order valence-corrected chi connectivity index (χ1v) is 22.5. The third-order valence-corrected chi connectivity index (χ3v) is 13.8. The summed E-state index contributed by atoms with van der Waals surface area (Å²) in [5.74, 6) is -0.340. The van der Waals surface area contributed by atoms with E-state index in [-0.39, 0.29) is 34.1 Å². The summed E-state index contributed by atoms with van der Waals surface area (Å²) in [6.45, 7) is 9.78. The molecule has 0 bridgehead atoms. The maximum atomic E-state index is 13.9. The molecule has 12 nitrogen and oxygen atoms in total. The smallest absolute Gasteiger partial charge is 0.293 e. The van der Waals surface area contributed by atoms with E-state index in [0.29, 0.717) is 36.3 Å². The fourth-order valence-corrected chi connectivity index (χ4v) is 9.62. The molecule has 2 fully saturated rings. The van der Waals surface area contributed by atoms with Gasteiger partial charge in [-0.1, -0.05) is 55.3 Å². The molecule has 15 heteroatoms. The van der Waals surface area contributed by atoms with Gasteiger partial charge in [0.2, 0.25) is 0 Å². The number of para-hydroxylation sites is 1. The van der Waals surface area contributed by atoms with Crippen LogP contribution in [0.1, 0.15) is 61.9 Å². The molecule has 59 heavy (non-hydrogen) atoms. The summed E-state index contributed by atoms with van der Waals surface area (Å²) in [6, 6.07) is 24.1. The number of carbonyl (C=O) groups is 1. The number of rotatable bonds is 12. The molecular formula is C44H49BrClN5O7S. The van der Waals surface area contributed by atoms with Crippen LogP contribution in [0.15, 0.2) is 99.9 Å². The minimum atomic E-state index is -4.54. The summed E-state index contributed by atoms with van der Waals surface area (Å²) in [4.78, 5) is 31.6. The van der Waals surface area contributed by atoms with Crippen molar-refractivity contribution < 1.29 is 27.6 Å². The second-order valence-electron chi connectivity index (χ2n) is 16.2. The van der Waals surface area contributed by atoms with E-state index < -0.39 is 25.7 Å². The highest BCUT2D eigenvalue weighted by Crippen LogP contribution is 2.44. The SMILES string of the molecule is CN(c1ccc(S(=O)(=O)NC(=O)c2ccc(N3CCN(CC4=C(c5ccc(Cl)cc5)CC(C)(C)CC4)CC3)cc2Oc2ccccc2Br)cc1[N+](=O)[O-])C1CCOCC1. The molecule has 1 aliphatic carbocycles. The van der Waals surface area contributed by atoms with Gasteiger partial charge in [-0.3, -0.25) is 19.8 Å². The monoisotopic (exact) mass is 905 g/mol. The van der Waals surface area contributed by atoms with Gasteiger partial charge in [0.05, 0.1) is 19.9 Å². The van der Waals surface area contributed by atoms with Crippen molar-refractivity contribution in [1.82, 2.24) is 9.62 Å². The Kier molecular flexibility index (Phi) is 13.0. The highest BCUT2D eigenvalue weighted by atomic mass is 79.9. The van der Waals surface area contributed by atoms with E-state index in [1.54, 1.807) is 48.3 Å². The Morgan fingerprint density at radius 1 is 1.00 bits per heavy atom. The number of amides is 1. The van der Waals surface area contributed by atoms with E-state index in [2.05, 4.69) is 56.4 Å². The first-order valence-electron chi connectivity index (χ1n) is 19.8. The van der Waals surface area contributed by atoms with Crippen molar-refractivity contribution in [3.05, 3.63) is 121 Å². The summed E-state index contributed by atoms with van der Waals surface area (Å²) in [7, 11) is -2.79. The van der Waals surface area contributed by atoms with Crippen LogP contribution < -0.4 is 19.3 Å². The third kappa shape index (κ3) is 10.1. The number of nitrogens with zero attached hydrogens (tertiary/aromatic N) is 4. The Balaban J connectivity index is 1.10. The molecule has 2 heterocycles. The molecule has 0 aromatic heterocycles. The number of nitro groups is 1. The normalized spacial score (nSPS) is 17.7. The van der Waals surface area contributed by atoms with Crippen LogP contribution in [0.25, 0.3) is 5.57 Å². The van der Waals surface area contributed by atoms with Crippen LogP contribution in [0.5, 0.6) is 11.5 Å². The number of ether oxygens (including phenoxy) is 2. The van der Waals surface area contributed by atoms with Gasteiger partial charge in [0, 0.05) is 81.9 Å². The van der Waals surface area contributed by atoms with E-state index in [9.17, 15) is 23.3 Å². The van der Waals surface area contributed by atoms with Gasteiger partial charge < -0.3 is 19.3 Å². The quantitative estimate of drug-likeness (QED) is 0.108. The maximum Gasteiger partial charge on any atom is 0.293 e. The number of anilines is 2. The molecule has 4 aromatic rings. The number of hydrogen-bond acceptors (Lipinski definition) is 10. The Morgan fingerprint density at radius 2 is 1.71 bits per heavy atom. The van der Waals surface area contributed by atoms with Crippen LogP contribution >= 0.6 is 27.5 Å². The second-order valence-corrected chi connectivity index (χ2v) is 19.2. The summed E-state index contributed by atoms with van der Waals surface area (Å²) in [6.07, 6.45) is 4.59. The van der Waals surface area contributed by atoms with Crippen LogP contribution in [0.3, 0.4) is 0 Å². The Bertz CT molecular complexity index is 2340. The van der Waals surface area contributed by atoms with Crippen LogP contribution in [0.2, 0.25) is 5.02 Å². The van der Waals surface area contributed by atoms with Crippen molar-refractivity contribution in [2.45, 2.75) is 56.9 Å². The minimum Gasteiger partial charge on any atom is -0.455 e. The maximum absolute atomic E-state index is 13.9. The van der Waals surface area contributed by atoms with Crippen LogP contribution in [-0.2, 0) is 14.8 Å². The number of benzene rings is 4.